The summed E-state index contributed by atoms with van der Waals surface area (Å²) in [4.78, 5) is 9.73. The van der Waals surface area contributed by atoms with Crippen molar-refractivity contribution in [1.29, 1.82) is 0 Å². The Labute approximate surface area is 541 Å². The van der Waals surface area contributed by atoms with Crippen LogP contribution in [0.4, 0.5) is 22.7 Å². The normalized spacial score (nSPS) is 13.8. The maximum atomic E-state index is 7.45. The van der Waals surface area contributed by atoms with E-state index in [1.54, 1.807) is 0 Å². The Morgan fingerprint density at radius 1 is 0.416 bits per heavy atom. The standard InChI is InChI=1S/C83H75N4O.Pt/c1-79(2,3)56-34-36-57(37-35-56)83(71-42-38-58(80(4,5)6)48-69(71)70-49-59(81(7,8)9)39-43-72(70)83)61-46-62(51-64(47-61)88-63-40-41-68-67-28-19-20-31-73(67)87(76(68)52-63)77-50-60(44-45-84-77)82(10,11)12)85-53-86(75-33-22-21-32-74(75)85)78-65(54-24-15-13-16-25-54)29-23-30-66(78)55-26-17-14-18-27-55;/h13-50,53H,1-12H3;/q-3;. The van der Waals surface area contributed by atoms with Gasteiger partial charge in [0, 0.05) is 77.9 Å². The molecule has 0 saturated heterocycles. The van der Waals surface area contributed by atoms with Crippen LogP contribution >= 0.6 is 0 Å². The van der Waals surface area contributed by atoms with Gasteiger partial charge in [0.15, 0.2) is 0 Å². The second kappa shape index (κ2) is 22.1. The Hall–Kier alpha value is -8.76. The number of benzene rings is 10. The monoisotopic (exact) mass is 1340 g/mol. The number of hydrogen-bond donors (Lipinski definition) is 0. The second-order valence-electron chi connectivity index (χ2n) is 28.2. The van der Waals surface area contributed by atoms with Crippen molar-refractivity contribution >= 4 is 44.6 Å². The number of ether oxygens (including phenoxy) is 1. The molecule has 6 heteroatoms. The van der Waals surface area contributed by atoms with E-state index in [1.807, 2.05) is 6.20 Å². The Kier molecular flexibility index (Phi) is 14.7. The molecule has 0 N–H and O–H groups in total. The van der Waals surface area contributed by atoms with Crippen molar-refractivity contribution in [2.75, 3.05) is 9.80 Å². The Morgan fingerprint density at radius 2 is 0.944 bits per heavy atom. The molecule has 0 bridgehead atoms. The molecule has 10 aromatic carbocycles. The summed E-state index contributed by atoms with van der Waals surface area (Å²) in [6.07, 6.45) is 1.93. The fourth-order valence-electron chi connectivity index (χ4n) is 13.5. The first-order chi connectivity index (χ1) is 42.1. The minimum Gasteiger partial charge on any atom is -0.509 e. The quantitative estimate of drug-likeness (QED) is 0.135. The molecule has 2 aliphatic rings. The minimum absolute atomic E-state index is 0. The van der Waals surface area contributed by atoms with E-state index >= 15 is 0 Å². The summed E-state index contributed by atoms with van der Waals surface area (Å²) in [5, 5.41) is 2.19. The molecule has 0 saturated carbocycles. The maximum Gasteiger partial charge on any atom is 0.135 e. The Bertz CT molecular complexity index is 4540. The average Bonchev–Trinajstić information content (AvgIpc) is 1.56. The zero-order valence-electron chi connectivity index (χ0n) is 53.0. The Morgan fingerprint density at radius 3 is 1.53 bits per heavy atom. The summed E-state index contributed by atoms with van der Waals surface area (Å²) in [5.74, 6) is 1.97. The van der Waals surface area contributed by atoms with E-state index in [4.69, 9.17) is 9.72 Å². The summed E-state index contributed by atoms with van der Waals surface area (Å²) in [6.45, 7) is 29.8. The van der Waals surface area contributed by atoms with E-state index in [0.717, 1.165) is 78.2 Å². The van der Waals surface area contributed by atoms with Gasteiger partial charge in [0.05, 0.1) is 0 Å². The molecule has 1 aliphatic heterocycles. The summed E-state index contributed by atoms with van der Waals surface area (Å²) >= 11 is 0. The van der Waals surface area contributed by atoms with Gasteiger partial charge in [0.2, 0.25) is 0 Å². The molecule has 446 valence electrons. The molecule has 0 unspecified atom stereocenters. The van der Waals surface area contributed by atoms with Gasteiger partial charge < -0.3 is 19.1 Å². The number of anilines is 4. The van der Waals surface area contributed by atoms with Crippen LogP contribution in [0.3, 0.4) is 0 Å². The molecular formula is C83H75N4OPt-3. The zero-order chi connectivity index (χ0) is 61.1. The van der Waals surface area contributed by atoms with Crippen LogP contribution in [0, 0.1) is 18.8 Å². The van der Waals surface area contributed by atoms with E-state index in [9.17, 15) is 0 Å². The van der Waals surface area contributed by atoms with Gasteiger partial charge in [-0.2, -0.15) is 6.07 Å². The average molecular weight is 1340 g/mol. The van der Waals surface area contributed by atoms with Crippen LogP contribution in [-0.2, 0) is 48.1 Å². The fraction of sp³-hybridized carbons (Fsp3) is 0.205. The first kappa shape index (κ1) is 59.2. The molecule has 0 fully saturated rings. The van der Waals surface area contributed by atoms with Gasteiger partial charge >= 0.3 is 0 Å². The van der Waals surface area contributed by atoms with Crippen LogP contribution < -0.4 is 14.5 Å². The molecule has 5 nitrogen and oxygen atoms in total. The van der Waals surface area contributed by atoms with Gasteiger partial charge in [-0.15, -0.1) is 53.6 Å². The number of pyridine rings is 1. The third-order valence-electron chi connectivity index (χ3n) is 18.3. The fourth-order valence-corrected chi connectivity index (χ4v) is 13.5. The first-order valence-electron chi connectivity index (χ1n) is 31.0. The van der Waals surface area contributed by atoms with Gasteiger partial charge in [0.1, 0.15) is 5.82 Å². The van der Waals surface area contributed by atoms with Gasteiger partial charge in [-0.1, -0.05) is 258 Å². The van der Waals surface area contributed by atoms with Gasteiger partial charge in [-0.3, -0.25) is 0 Å². The van der Waals surface area contributed by atoms with Crippen molar-refractivity contribution < 1.29 is 25.8 Å². The van der Waals surface area contributed by atoms with Crippen LogP contribution in [0.2, 0.25) is 0 Å². The third-order valence-corrected chi connectivity index (χ3v) is 18.3. The molecule has 89 heavy (non-hydrogen) atoms. The molecule has 2 aromatic heterocycles. The maximum absolute atomic E-state index is 7.45. The molecule has 0 atom stereocenters. The van der Waals surface area contributed by atoms with Crippen molar-refractivity contribution in [2.45, 2.75) is 110 Å². The van der Waals surface area contributed by atoms with Gasteiger partial charge in [0.25, 0.3) is 0 Å². The number of fused-ring (bicyclic) bond motifs is 7. The molecule has 12 aromatic rings. The third kappa shape index (κ3) is 10.3. The van der Waals surface area contributed by atoms with Crippen molar-refractivity contribution in [3.63, 3.8) is 0 Å². The molecule has 3 heterocycles. The van der Waals surface area contributed by atoms with E-state index in [0.29, 0.717) is 11.5 Å². The number of rotatable bonds is 9. The summed E-state index contributed by atoms with van der Waals surface area (Å²) in [5.41, 5.74) is 21.6. The molecule has 0 radical (unpaired) electrons. The van der Waals surface area contributed by atoms with Crippen LogP contribution in [-0.4, -0.2) is 9.55 Å². The van der Waals surface area contributed by atoms with E-state index < -0.39 is 5.41 Å². The van der Waals surface area contributed by atoms with E-state index in [1.165, 1.54) is 50.1 Å². The van der Waals surface area contributed by atoms with Crippen LogP contribution in [0.1, 0.15) is 128 Å². The number of hydrogen-bond acceptors (Lipinski definition) is 4. The van der Waals surface area contributed by atoms with Crippen molar-refractivity contribution in [3.8, 4) is 50.7 Å². The number of aromatic nitrogens is 2. The predicted molar refractivity (Wildman–Crippen MR) is 367 cm³/mol. The van der Waals surface area contributed by atoms with Crippen LogP contribution in [0.25, 0.3) is 61.0 Å². The minimum atomic E-state index is -0.820. The molecular weight excluding hydrogens is 1260 g/mol. The second-order valence-corrected chi connectivity index (χ2v) is 28.2. The molecule has 1 aliphatic carbocycles. The van der Waals surface area contributed by atoms with E-state index in [2.05, 4.69) is 341 Å². The van der Waals surface area contributed by atoms with Crippen LogP contribution in [0.5, 0.6) is 11.5 Å². The topological polar surface area (TPSA) is 33.5 Å². The largest absolute Gasteiger partial charge is 0.509 e. The van der Waals surface area contributed by atoms with Gasteiger partial charge in [-0.25, -0.2) is 4.98 Å². The molecule has 0 amide bonds. The SMILES string of the molecule is CC(C)(C)c1ccc(C2(c3cc(Oc4[c-]c5c(cc4)c4ccccc4n5-c4cc(C(C)(C)C)ccn4)[c-]c(N4[CH-]N(c5c(-c6ccccc6)cccc5-c5ccccc5)c5ccccc54)c3)c3ccc(C(C)(C)C)cc3-c3cc(C(C)(C)C)ccc32)cc1.[Pt]. The summed E-state index contributed by atoms with van der Waals surface area (Å²) in [7, 11) is 0. The summed E-state index contributed by atoms with van der Waals surface area (Å²) < 4.78 is 9.69. The van der Waals surface area contributed by atoms with Crippen molar-refractivity contribution in [1.82, 2.24) is 9.55 Å². The zero-order valence-corrected chi connectivity index (χ0v) is 55.3. The van der Waals surface area contributed by atoms with Crippen molar-refractivity contribution in [2.24, 2.45) is 0 Å². The van der Waals surface area contributed by atoms with Crippen molar-refractivity contribution in [3.05, 3.63) is 294 Å². The first-order valence-corrected chi connectivity index (χ1v) is 31.0. The molecule has 0 spiro atoms. The number of nitrogens with zero attached hydrogens (tertiary/aromatic N) is 4. The molecule has 14 rings (SSSR count). The Balaban J connectivity index is 0.00000729. The number of para-hydroxylation sites is 4. The predicted octanol–water partition coefficient (Wildman–Crippen LogP) is 21.9. The van der Waals surface area contributed by atoms with Gasteiger partial charge in [-0.05, 0) is 119 Å². The van der Waals surface area contributed by atoms with Crippen LogP contribution in [0.15, 0.2) is 231 Å². The summed E-state index contributed by atoms with van der Waals surface area (Å²) in [6, 6.07) is 90.5. The van der Waals surface area contributed by atoms with E-state index in [-0.39, 0.29) is 42.7 Å². The smallest absolute Gasteiger partial charge is 0.135 e.